The van der Waals surface area contributed by atoms with Crippen LogP contribution in [0.15, 0.2) is 59.8 Å². The lowest BCUT2D eigenvalue weighted by molar-refractivity contribution is -0.120. The minimum Gasteiger partial charge on any atom is -0.496 e. The van der Waals surface area contributed by atoms with E-state index in [2.05, 4.69) is 15.5 Å². The summed E-state index contributed by atoms with van der Waals surface area (Å²) in [5, 5.41) is 11.9. The molecular weight excluding hydrogens is 360 g/mol. The number of rotatable bonds is 7. The largest absolute Gasteiger partial charge is 0.496 e. The molecule has 0 bridgehead atoms. The molecule has 1 aromatic heterocycles. The lowest BCUT2D eigenvalue weighted by atomic mass is 10.2. The van der Waals surface area contributed by atoms with E-state index in [1.54, 1.807) is 7.11 Å². The molecule has 3 aromatic rings. The van der Waals surface area contributed by atoms with E-state index in [0.29, 0.717) is 11.7 Å². The van der Waals surface area contributed by atoms with Crippen molar-refractivity contribution in [1.82, 2.24) is 20.1 Å². The Balaban J connectivity index is 1.63. The van der Waals surface area contributed by atoms with Gasteiger partial charge in [0.2, 0.25) is 5.91 Å². The molecule has 1 amide bonds. The number of amides is 1. The molecule has 0 aliphatic heterocycles. The predicted molar refractivity (Wildman–Crippen MR) is 107 cm³/mol. The standard InChI is InChI=1S/C20H22N4O2S/c1-14(19(25)21-13-16-11-7-8-12-17(16)26-3)27-20-23-22-18(24(20)2)15-9-5-4-6-10-15/h4-12,14H,13H2,1-3H3,(H,21,25). The molecule has 1 unspecified atom stereocenters. The van der Waals surface area contributed by atoms with Crippen molar-refractivity contribution in [2.24, 2.45) is 7.05 Å². The van der Waals surface area contributed by atoms with Gasteiger partial charge in [0.1, 0.15) is 5.75 Å². The Labute approximate surface area is 163 Å². The van der Waals surface area contributed by atoms with Crippen LogP contribution in [-0.4, -0.2) is 33.0 Å². The normalized spacial score (nSPS) is 11.8. The first kappa shape index (κ1) is 19.0. The van der Waals surface area contributed by atoms with Crippen molar-refractivity contribution in [1.29, 1.82) is 0 Å². The minimum absolute atomic E-state index is 0.0600. The van der Waals surface area contributed by atoms with E-state index in [0.717, 1.165) is 22.7 Å². The zero-order valence-corrected chi connectivity index (χ0v) is 16.4. The molecule has 0 spiro atoms. The van der Waals surface area contributed by atoms with Crippen molar-refractivity contribution >= 4 is 17.7 Å². The fourth-order valence-electron chi connectivity index (χ4n) is 2.64. The molecule has 0 radical (unpaired) electrons. The number of ether oxygens (including phenoxy) is 1. The van der Waals surface area contributed by atoms with Crippen molar-refractivity contribution in [3.63, 3.8) is 0 Å². The number of carbonyl (C=O) groups excluding carboxylic acids is 1. The maximum atomic E-state index is 12.5. The number of para-hydroxylation sites is 1. The summed E-state index contributed by atoms with van der Waals surface area (Å²) < 4.78 is 7.22. The third-order valence-corrected chi connectivity index (χ3v) is 5.30. The van der Waals surface area contributed by atoms with Crippen LogP contribution in [-0.2, 0) is 18.4 Å². The Hall–Kier alpha value is -2.80. The van der Waals surface area contributed by atoms with Crippen molar-refractivity contribution in [3.8, 4) is 17.1 Å². The Kier molecular flexibility index (Phi) is 6.13. The van der Waals surface area contributed by atoms with Gasteiger partial charge in [-0.1, -0.05) is 60.3 Å². The van der Waals surface area contributed by atoms with Crippen LogP contribution in [0, 0.1) is 0 Å². The Morgan fingerprint density at radius 2 is 1.85 bits per heavy atom. The molecule has 140 valence electrons. The second-order valence-corrected chi connectivity index (χ2v) is 7.33. The second kappa shape index (κ2) is 8.73. The Morgan fingerprint density at radius 1 is 1.15 bits per heavy atom. The molecule has 2 aromatic carbocycles. The van der Waals surface area contributed by atoms with E-state index in [1.165, 1.54) is 11.8 Å². The fraction of sp³-hybridized carbons (Fsp3) is 0.250. The Bertz CT molecular complexity index is 911. The highest BCUT2D eigenvalue weighted by atomic mass is 32.2. The molecule has 0 aliphatic rings. The molecule has 1 atom stereocenters. The molecule has 0 saturated heterocycles. The van der Waals surface area contributed by atoms with Crippen LogP contribution in [0.2, 0.25) is 0 Å². The van der Waals surface area contributed by atoms with Crippen LogP contribution in [0.25, 0.3) is 11.4 Å². The summed E-state index contributed by atoms with van der Waals surface area (Å²) in [4.78, 5) is 12.5. The van der Waals surface area contributed by atoms with Crippen molar-refractivity contribution in [2.75, 3.05) is 7.11 Å². The van der Waals surface area contributed by atoms with E-state index < -0.39 is 0 Å². The van der Waals surface area contributed by atoms with Crippen LogP contribution < -0.4 is 10.1 Å². The highest BCUT2D eigenvalue weighted by Crippen LogP contribution is 2.25. The van der Waals surface area contributed by atoms with Gasteiger partial charge in [-0.05, 0) is 13.0 Å². The minimum atomic E-state index is -0.300. The van der Waals surface area contributed by atoms with Gasteiger partial charge in [-0.3, -0.25) is 4.79 Å². The Morgan fingerprint density at radius 3 is 2.59 bits per heavy atom. The summed E-state index contributed by atoms with van der Waals surface area (Å²) in [5.74, 6) is 1.48. The summed E-state index contributed by atoms with van der Waals surface area (Å²) in [6.07, 6.45) is 0. The molecule has 6 nitrogen and oxygen atoms in total. The van der Waals surface area contributed by atoms with Gasteiger partial charge in [0.25, 0.3) is 0 Å². The van der Waals surface area contributed by atoms with Gasteiger partial charge < -0.3 is 14.6 Å². The van der Waals surface area contributed by atoms with Crippen LogP contribution in [0.4, 0.5) is 0 Å². The second-order valence-electron chi connectivity index (χ2n) is 6.02. The molecule has 3 rings (SSSR count). The number of hydrogen-bond donors (Lipinski definition) is 1. The number of carbonyl (C=O) groups is 1. The van der Waals surface area contributed by atoms with Crippen LogP contribution >= 0.6 is 11.8 Å². The molecule has 7 heteroatoms. The first-order valence-corrected chi connectivity index (χ1v) is 9.49. The van der Waals surface area contributed by atoms with Gasteiger partial charge in [-0.15, -0.1) is 10.2 Å². The maximum absolute atomic E-state index is 12.5. The van der Waals surface area contributed by atoms with Gasteiger partial charge in [0.05, 0.1) is 12.4 Å². The maximum Gasteiger partial charge on any atom is 0.233 e. The monoisotopic (exact) mass is 382 g/mol. The quantitative estimate of drug-likeness (QED) is 0.635. The number of nitrogens with zero attached hydrogens (tertiary/aromatic N) is 3. The number of nitrogens with one attached hydrogen (secondary N) is 1. The summed E-state index contributed by atoms with van der Waals surface area (Å²) in [5.41, 5.74) is 1.93. The third-order valence-electron chi connectivity index (χ3n) is 4.16. The zero-order chi connectivity index (χ0) is 19.2. The molecule has 0 aliphatic carbocycles. The van der Waals surface area contributed by atoms with E-state index in [9.17, 15) is 4.79 Å². The van der Waals surface area contributed by atoms with Gasteiger partial charge in [-0.25, -0.2) is 0 Å². The lowest BCUT2D eigenvalue weighted by Crippen LogP contribution is -2.30. The van der Waals surface area contributed by atoms with Crippen LogP contribution in [0.3, 0.4) is 0 Å². The molecule has 27 heavy (non-hydrogen) atoms. The number of benzene rings is 2. The third kappa shape index (κ3) is 4.49. The lowest BCUT2D eigenvalue weighted by Gasteiger charge is -2.13. The summed E-state index contributed by atoms with van der Waals surface area (Å²) in [6.45, 7) is 2.28. The first-order chi connectivity index (χ1) is 13.1. The highest BCUT2D eigenvalue weighted by molar-refractivity contribution is 8.00. The number of thioether (sulfide) groups is 1. The average Bonchev–Trinajstić information content (AvgIpc) is 3.07. The van der Waals surface area contributed by atoms with Crippen molar-refractivity contribution < 1.29 is 9.53 Å². The predicted octanol–water partition coefficient (Wildman–Crippen LogP) is 3.29. The van der Waals surface area contributed by atoms with Gasteiger partial charge >= 0.3 is 0 Å². The van der Waals surface area contributed by atoms with E-state index in [4.69, 9.17) is 4.74 Å². The first-order valence-electron chi connectivity index (χ1n) is 8.61. The van der Waals surface area contributed by atoms with Crippen molar-refractivity contribution in [3.05, 3.63) is 60.2 Å². The number of methoxy groups -OCH3 is 1. The van der Waals surface area contributed by atoms with Gasteiger partial charge in [0.15, 0.2) is 11.0 Å². The van der Waals surface area contributed by atoms with Crippen LogP contribution in [0.1, 0.15) is 12.5 Å². The van der Waals surface area contributed by atoms with E-state index >= 15 is 0 Å². The SMILES string of the molecule is COc1ccccc1CNC(=O)C(C)Sc1nnc(-c2ccccc2)n1C. The molecule has 1 N–H and O–H groups in total. The number of aromatic nitrogens is 3. The van der Waals surface area contributed by atoms with Gasteiger partial charge in [-0.2, -0.15) is 0 Å². The summed E-state index contributed by atoms with van der Waals surface area (Å²) >= 11 is 1.38. The molecule has 1 heterocycles. The molecular formula is C20H22N4O2S. The smallest absolute Gasteiger partial charge is 0.233 e. The molecule has 0 saturated carbocycles. The fourth-order valence-corrected chi connectivity index (χ4v) is 3.48. The van der Waals surface area contributed by atoms with E-state index in [1.807, 2.05) is 73.1 Å². The molecule has 0 fully saturated rings. The summed E-state index contributed by atoms with van der Waals surface area (Å²) in [7, 11) is 3.53. The van der Waals surface area contributed by atoms with Crippen LogP contribution in [0.5, 0.6) is 5.75 Å². The summed E-state index contributed by atoms with van der Waals surface area (Å²) in [6, 6.07) is 17.5. The van der Waals surface area contributed by atoms with Gasteiger partial charge in [0, 0.05) is 24.7 Å². The number of hydrogen-bond acceptors (Lipinski definition) is 5. The topological polar surface area (TPSA) is 69.0 Å². The highest BCUT2D eigenvalue weighted by Gasteiger charge is 2.19. The van der Waals surface area contributed by atoms with Crippen molar-refractivity contribution in [2.45, 2.75) is 23.9 Å². The average molecular weight is 382 g/mol. The zero-order valence-electron chi connectivity index (χ0n) is 15.5. The van der Waals surface area contributed by atoms with E-state index in [-0.39, 0.29) is 11.2 Å².